The van der Waals surface area contributed by atoms with Gasteiger partial charge in [0.2, 0.25) is 0 Å². The Labute approximate surface area is 89.4 Å². The standard InChI is InChI=1S/C11H16N2O2/c1-15-11(14)13-8-10(12)7-9-5-3-2-4-6-9/h2-6,10H,7-8,12H2,1H3,(H,13,14). The van der Waals surface area contributed by atoms with Gasteiger partial charge in [-0.3, -0.25) is 0 Å². The number of alkyl carbamates (subject to hydrolysis) is 1. The fraction of sp³-hybridized carbons (Fsp3) is 0.364. The van der Waals surface area contributed by atoms with E-state index < -0.39 is 6.09 Å². The Morgan fingerprint density at radius 1 is 1.47 bits per heavy atom. The first-order valence-electron chi connectivity index (χ1n) is 4.83. The Morgan fingerprint density at radius 3 is 2.73 bits per heavy atom. The molecule has 0 bridgehead atoms. The van der Waals surface area contributed by atoms with Crippen molar-refractivity contribution in [3.05, 3.63) is 35.9 Å². The van der Waals surface area contributed by atoms with Crippen molar-refractivity contribution in [1.82, 2.24) is 5.32 Å². The normalized spacial score (nSPS) is 11.9. The first-order chi connectivity index (χ1) is 7.22. The van der Waals surface area contributed by atoms with Gasteiger partial charge in [-0.15, -0.1) is 0 Å². The molecule has 0 aliphatic heterocycles. The first-order valence-corrected chi connectivity index (χ1v) is 4.83. The van der Waals surface area contributed by atoms with Crippen molar-refractivity contribution >= 4 is 6.09 Å². The van der Waals surface area contributed by atoms with Crippen molar-refractivity contribution in [2.75, 3.05) is 13.7 Å². The van der Waals surface area contributed by atoms with Crippen LogP contribution in [0.4, 0.5) is 4.79 Å². The molecule has 0 spiro atoms. The Bertz CT molecular complexity index is 301. The maximum Gasteiger partial charge on any atom is 0.406 e. The van der Waals surface area contributed by atoms with Crippen molar-refractivity contribution in [2.45, 2.75) is 12.5 Å². The maximum atomic E-state index is 10.8. The minimum atomic E-state index is -0.446. The predicted octanol–water partition coefficient (Wildman–Crippen LogP) is 0.912. The van der Waals surface area contributed by atoms with Gasteiger partial charge in [0, 0.05) is 12.6 Å². The van der Waals surface area contributed by atoms with Crippen LogP contribution in [0, 0.1) is 0 Å². The summed E-state index contributed by atoms with van der Waals surface area (Å²) in [7, 11) is 1.33. The van der Waals surface area contributed by atoms with Crippen LogP contribution in [-0.4, -0.2) is 25.8 Å². The highest BCUT2D eigenvalue weighted by Crippen LogP contribution is 2.01. The molecule has 0 aliphatic carbocycles. The molecule has 0 aliphatic rings. The molecule has 4 nitrogen and oxygen atoms in total. The molecule has 1 aromatic carbocycles. The van der Waals surface area contributed by atoms with Crippen LogP contribution >= 0.6 is 0 Å². The number of nitrogens with two attached hydrogens (primary N) is 1. The summed E-state index contributed by atoms with van der Waals surface area (Å²) >= 11 is 0. The lowest BCUT2D eigenvalue weighted by Crippen LogP contribution is -2.38. The van der Waals surface area contributed by atoms with Crippen LogP contribution in [0.2, 0.25) is 0 Å². The lowest BCUT2D eigenvalue weighted by molar-refractivity contribution is 0.170. The summed E-state index contributed by atoms with van der Waals surface area (Å²) in [6.45, 7) is 0.418. The number of rotatable bonds is 4. The number of hydrogen-bond acceptors (Lipinski definition) is 3. The van der Waals surface area contributed by atoms with E-state index in [2.05, 4.69) is 10.1 Å². The van der Waals surface area contributed by atoms with Crippen LogP contribution in [0.25, 0.3) is 0 Å². The van der Waals surface area contributed by atoms with Gasteiger partial charge in [-0.05, 0) is 12.0 Å². The second-order valence-corrected chi connectivity index (χ2v) is 3.32. The summed E-state index contributed by atoms with van der Waals surface area (Å²) < 4.78 is 4.45. The minimum Gasteiger partial charge on any atom is -0.453 e. The third kappa shape index (κ3) is 4.46. The van der Waals surface area contributed by atoms with Crippen LogP contribution in [0.15, 0.2) is 30.3 Å². The Morgan fingerprint density at radius 2 is 2.13 bits per heavy atom. The zero-order chi connectivity index (χ0) is 11.1. The zero-order valence-corrected chi connectivity index (χ0v) is 8.77. The van der Waals surface area contributed by atoms with Crippen LogP contribution < -0.4 is 11.1 Å². The number of carbonyl (C=O) groups is 1. The molecule has 1 atom stereocenters. The van der Waals surface area contributed by atoms with Crippen molar-refractivity contribution in [2.24, 2.45) is 5.73 Å². The summed E-state index contributed by atoms with van der Waals surface area (Å²) in [5.41, 5.74) is 7.00. The highest BCUT2D eigenvalue weighted by Gasteiger charge is 2.05. The molecule has 1 amide bonds. The number of amides is 1. The van der Waals surface area contributed by atoms with Gasteiger partial charge in [0.1, 0.15) is 0 Å². The van der Waals surface area contributed by atoms with Gasteiger partial charge < -0.3 is 15.8 Å². The van der Waals surface area contributed by atoms with E-state index in [-0.39, 0.29) is 6.04 Å². The minimum absolute atomic E-state index is 0.0912. The number of nitrogens with one attached hydrogen (secondary N) is 1. The second-order valence-electron chi connectivity index (χ2n) is 3.32. The molecule has 0 heterocycles. The van der Waals surface area contributed by atoms with Gasteiger partial charge in [-0.1, -0.05) is 30.3 Å². The molecule has 0 fully saturated rings. The fourth-order valence-corrected chi connectivity index (χ4v) is 1.28. The number of ether oxygens (including phenoxy) is 1. The summed E-state index contributed by atoms with van der Waals surface area (Å²) in [5.74, 6) is 0. The lowest BCUT2D eigenvalue weighted by Gasteiger charge is -2.11. The molecule has 1 aromatic rings. The molecule has 4 heteroatoms. The molecule has 1 unspecified atom stereocenters. The monoisotopic (exact) mass is 208 g/mol. The topological polar surface area (TPSA) is 64.3 Å². The molecule has 0 aromatic heterocycles. The summed E-state index contributed by atoms with van der Waals surface area (Å²) in [6, 6.07) is 9.83. The van der Waals surface area contributed by atoms with Gasteiger partial charge in [0.25, 0.3) is 0 Å². The van der Waals surface area contributed by atoms with E-state index in [4.69, 9.17) is 5.73 Å². The average Bonchev–Trinajstić information content (AvgIpc) is 2.27. The molecule has 1 rings (SSSR count). The fourth-order valence-electron chi connectivity index (χ4n) is 1.28. The Kier molecular flexibility index (Phi) is 4.63. The second kappa shape index (κ2) is 6.03. The average molecular weight is 208 g/mol. The van der Waals surface area contributed by atoms with E-state index in [1.165, 1.54) is 7.11 Å². The van der Waals surface area contributed by atoms with Gasteiger partial charge in [0.05, 0.1) is 7.11 Å². The van der Waals surface area contributed by atoms with Crippen molar-refractivity contribution in [1.29, 1.82) is 0 Å². The van der Waals surface area contributed by atoms with Crippen LogP contribution in [0.3, 0.4) is 0 Å². The van der Waals surface area contributed by atoms with E-state index in [1.807, 2.05) is 30.3 Å². The van der Waals surface area contributed by atoms with E-state index in [9.17, 15) is 4.79 Å². The van der Waals surface area contributed by atoms with Crippen LogP contribution in [-0.2, 0) is 11.2 Å². The van der Waals surface area contributed by atoms with E-state index >= 15 is 0 Å². The largest absolute Gasteiger partial charge is 0.453 e. The van der Waals surface area contributed by atoms with Crippen molar-refractivity contribution < 1.29 is 9.53 Å². The predicted molar refractivity (Wildman–Crippen MR) is 58.5 cm³/mol. The van der Waals surface area contributed by atoms with Gasteiger partial charge >= 0.3 is 6.09 Å². The van der Waals surface area contributed by atoms with Gasteiger partial charge in [-0.2, -0.15) is 0 Å². The summed E-state index contributed by atoms with van der Waals surface area (Å²) in [4.78, 5) is 10.8. The third-order valence-electron chi connectivity index (χ3n) is 2.03. The zero-order valence-electron chi connectivity index (χ0n) is 8.77. The van der Waals surface area contributed by atoms with E-state index in [0.29, 0.717) is 6.54 Å². The van der Waals surface area contributed by atoms with E-state index in [1.54, 1.807) is 0 Å². The summed E-state index contributed by atoms with van der Waals surface area (Å²) in [5, 5.41) is 2.57. The number of benzene rings is 1. The van der Waals surface area contributed by atoms with Crippen LogP contribution in [0.1, 0.15) is 5.56 Å². The number of methoxy groups -OCH3 is 1. The van der Waals surface area contributed by atoms with Crippen molar-refractivity contribution in [3.63, 3.8) is 0 Å². The van der Waals surface area contributed by atoms with Gasteiger partial charge in [-0.25, -0.2) is 4.79 Å². The molecule has 3 N–H and O–H groups in total. The molecule has 82 valence electrons. The quantitative estimate of drug-likeness (QED) is 0.773. The first kappa shape index (κ1) is 11.5. The third-order valence-corrected chi connectivity index (χ3v) is 2.03. The van der Waals surface area contributed by atoms with Gasteiger partial charge in [0.15, 0.2) is 0 Å². The molecular formula is C11H16N2O2. The molecular weight excluding hydrogens is 192 g/mol. The molecule has 0 saturated heterocycles. The SMILES string of the molecule is COC(=O)NCC(N)Cc1ccccc1. The molecule has 0 saturated carbocycles. The Balaban J connectivity index is 2.30. The maximum absolute atomic E-state index is 10.8. The van der Waals surface area contributed by atoms with E-state index in [0.717, 1.165) is 12.0 Å². The smallest absolute Gasteiger partial charge is 0.406 e. The highest BCUT2D eigenvalue weighted by molar-refractivity contribution is 5.66. The number of carbonyl (C=O) groups excluding carboxylic acids is 1. The Hall–Kier alpha value is -1.55. The number of hydrogen-bond donors (Lipinski definition) is 2. The van der Waals surface area contributed by atoms with Crippen LogP contribution in [0.5, 0.6) is 0 Å². The highest BCUT2D eigenvalue weighted by atomic mass is 16.5. The van der Waals surface area contributed by atoms with Crippen molar-refractivity contribution in [3.8, 4) is 0 Å². The lowest BCUT2D eigenvalue weighted by atomic mass is 10.1. The summed E-state index contributed by atoms with van der Waals surface area (Å²) in [6.07, 6.45) is 0.295. The molecule has 15 heavy (non-hydrogen) atoms. The molecule has 0 radical (unpaired) electrons.